The Bertz CT molecular complexity index is 363. The van der Waals surface area contributed by atoms with E-state index >= 15 is 0 Å². The molecule has 1 fully saturated rings. The minimum absolute atomic E-state index is 0.197. The number of aromatic nitrogens is 1. The van der Waals surface area contributed by atoms with Gasteiger partial charge in [-0.15, -0.1) is 0 Å². The van der Waals surface area contributed by atoms with Gasteiger partial charge < -0.3 is 5.32 Å². The molecule has 0 radical (unpaired) electrons. The summed E-state index contributed by atoms with van der Waals surface area (Å²) in [4.78, 5) is 4.16. The maximum Gasteiger partial charge on any atom is 0.141 e. The van der Waals surface area contributed by atoms with E-state index in [1.807, 2.05) is 0 Å². The van der Waals surface area contributed by atoms with Crippen molar-refractivity contribution < 1.29 is 4.39 Å². The smallest absolute Gasteiger partial charge is 0.141 e. The van der Waals surface area contributed by atoms with Crippen molar-refractivity contribution in [1.29, 1.82) is 0 Å². The van der Waals surface area contributed by atoms with Crippen LogP contribution in [0.3, 0.4) is 0 Å². The van der Waals surface area contributed by atoms with Crippen molar-refractivity contribution in [2.75, 3.05) is 0 Å². The van der Waals surface area contributed by atoms with Crippen molar-refractivity contribution in [2.45, 2.75) is 58.0 Å². The monoisotopic (exact) mass is 250 g/mol. The zero-order valence-electron chi connectivity index (χ0n) is 11.3. The van der Waals surface area contributed by atoms with Gasteiger partial charge >= 0.3 is 0 Å². The van der Waals surface area contributed by atoms with Crippen LogP contribution in [-0.4, -0.2) is 11.0 Å². The second kappa shape index (κ2) is 6.28. The number of nitrogens with one attached hydrogen (secondary N) is 1. The maximum atomic E-state index is 12.8. The largest absolute Gasteiger partial charge is 0.306 e. The molecule has 2 nitrogen and oxygen atoms in total. The van der Waals surface area contributed by atoms with Crippen LogP contribution in [0.1, 0.15) is 57.7 Å². The first-order valence-corrected chi connectivity index (χ1v) is 7.08. The molecule has 100 valence electrons. The molecule has 3 heteroatoms. The third kappa shape index (κ3) is 3.29. The highest BCUT2D eigenvalue weighted by atomic mass is 19.1. The Balaban J connectivity index is 1.97. The molecule has 1 aliphatic rings. The van der Waals surface area contributed by atoms with Crippen LogP contribution in [0.2, 0.25) is 0 Å². The number of hydrogen-bond acceptors (Lipinski definition) is 2. The van der Waals surface area contributed by atoms with E-state index in [2.05, 4.69) is 24.1 Å². The molecule has 1 saturated carbocycles. The summed E-state index contributed by atoms with van der Waals surface area (Å²) in [5.41, 5.74) is 0.928. The lowest BCUT2D eigenvalue weighted by Gasteiger charge is -2.33. The Morgan fingerprint density at radius 1 is 1.39 bits per heavy atom. The second-order valence-electron chi connectivity index (χ2n) is 5.35. The Kier molecular flexibility index (Phi) is 4.70. The molecule has 3 atom stereocenters. The topological polar surface area (TPSA) is 24.9 Å². The molecule has 1 aliphatic carbocycles. The molecule has 1 aromatic rings. The van der Waals surface area contributed by atoms with E-state index in [9.17, 15) is 4.39 Å². The van der Waals surface area contributed by atoms with Crippen LogP contribution >= 0.6 is 0 Å². The molecule has 0 spiro atoms. The molecule has 18 heavy (non-hydrogen) atoms. The maximum absolute atomic E-state index is 12.8. The van der Waals surface area contributed by atoms with Crippen LogP contribution in [0.15, 0.2) is 18.3 Å². The van der Waals surface area contributed by atoms with Gasteiger partial charge in [-0.1, -0.05) is 26.2 Å². The number of rotatable bonds is 4. The number of nitrogens with zero attached hydrogens (tertiary/aromatic N) is 1. The van der Waals surface area contributed by atoms with Crippen LogP contribution in [0.25, 0.3) is 0 Å². The molecule has 2 rings (SSSR count). The molecule has 1 aromatic heterocycles. The van der Waals surface area contributed by atoms with Gasteiger partial charge in [-0.3, -0.25) is 4.98 Å². The van der Waals surface area contributed by atoms with Gasteiger partial charge in [0.15, 0.2) is 0 Å². The van der Waals surface area contributed by atoms with E-state index in [0.29, 0.717) is 6.04 Å². The van der Waals surface area contributed by atoms with E-state index in [4.69, 9.17) is 0 Å². The molecule has 0 saturated heterocycles. The normalized spacial score (nSPS) is 25.9. The van der Waals surface area contributed by atoms with Gasteiger partial charge in [0.2, 0.25) is 0 Å². The lowest BCUT2D eigenvalue weighted by Crippen LogP contribution is -2.39. The van der Waals surface area contributed by atoms with Gasteiger partial charge in [-0.25, -0.2) is 4.39 Å². The summed E-state index contributed by atoms with van der Waals surface area (Å²) < 4.78 is 12.8. The Morgan fingerprint density at radius 3 is 2.83 bits per heavy atom. The highest BCUT2D eigenvalue weighted by Crippen LogP contribution is 2.28. The van der Waals surface area contributed by atoms with Crippen molar-refractivity contribution >= 4 is 0 Å². The number of halogens is 1. The quantitative estimate of drug-likeness (QED) is 0.878. The van der Waals surface area contributed by atoms with Crippen molar-refractivity contribution in [3.8, 4) is 0 Å². The fourth-order valence-electron chi connectivity index (χ4n) is 2.97. The van der Waals surface area contributed by atoms with Gasteiger partial charge in [0.05, 0.1) is 11.9 Å². The first-order valence-electron chi connectivity index (χ1n) is 7.08. The van der Waals surface area contributed by atoms with Crippen LogP contribution in [0.4, 0.5) is 4.39 Å². The van der Waals surface area contributed by atoms with Crippen LogP contribution in [-0.2, 0) is 0 Å². The lowest BCUT2D eigenvalue weighted by atomic mass is 9.82. The predicted molar refractivity (Wildman–Crippen MR) is 71.8 cm³/mol. The molecule has 1 heterocycles. The van der Waals surface area contributed by atoms with Crippen molar-refractivity contribution in [2.24, 2.45) is 5.92 Å². The zero-order chi connectivity index (χ0) is 13.0. The van der Waals surface area contributed by atoms with Crippen molar-refractivity contribution in [1.82, 2.24) is 10.3 Å². The fraction of sp³-hybridized carbons (Fsp3) is 0.667. The standard InChI is InChI=1S/C15H23FN2/c1-3-12-6-4-5-7-15(12)18-11(2)14-9-8-13(16)10-17-14/h8-12,15,18H,3-7H2,1-2H3. The first kappa shape index (κ1) is 13.5. The highest BCUT2D eigenvalue weighted by Gasteiger charge is 2.25. The second-order valence-corrected chi connectivity index (χ2v) is 5.35. The summed E-state index contributed by atoms with van der Waals surface area (Å²) in [6.07, 6.45) is 7.80. The van der Waals surface area contributed by atoms with Crippen molar-refractivity contribution in [3.05, 3.63) is 29.8 Å². The van der Waals surface area contributed by atoms with Crippen LogP contribution in [0, 0.1) is 11.7 Å². The van der Waals surface area contributed by atoms with E-state index in [0.717, 1.165) is 11.6 Å². The summed E-state index contributed by atoms with van der Waals surface area (Å²) >= 11 is 0. The van der Waals surface area contributed by atoms with Crippen molar-refractivity contribution in [3.63, 3.8) is 0 Å². The minimum atomic E-state index is -0.268. The first-order chi connectivity index (χ1) is 8.70. The highest BCUT2D eigenvalue weighted by molar-refractivity contribution is 5.09. The summed E-state index contributed by atoms with van der Waals surface area (Å²) in [6.45, 7) is 4.38. The third-order valence-corrected chi connectivity index (χ3v) is 4.09. The minimum Gasteiger partial charge on any atom is -0.306 e. The lowest BCUT2D eigenvalue weighted by molar-refractivity contribution is 0.239. The van der Waals surface area contributed by atoms with E-state index in [-0.39, 0.29) is 11.9 Å². The Morgan fingerprint density at radius 2 is 2.17 bits per heavy atom. The molecule has 0 bridgehead atoms. The molecule has 0 aliphatic heterocycles. The summed E-state index contributed by atoms with van der Waals surface area (Å²) in [7, 11) is 0. The zero-order valence-corrected chi connectivity index (χ0v) is 11.3. The third-order valence-electron chi connectivity index (χ3n) is 4.09. The van der Waals surface area contributed by atoms with Crippen LogP contribution in [0.5, 0.6) is 0 Å². The number of hydrogen-bond donors (Lipinski definition) is 1. The fourth-order valence-corrected chi connectivity index (χ4v) is 2.97. The summed E-state index contributed by atoms with van der Waals surface area (Å²) in [6, 6.07) is 4.04. The van der Waals surface area contributed by atoms with Gasteiger partial charge in [0.1, 0.15) is 5.82 Å². The van der Waals surface area contributed by atoms with E-state index in [1.54, 1.807) is 6.07 Å². The van der Waals surface area contributed by atoms with Gasteiger partial charge in [0, 0.05) is 12.1 Å². The van der Waals surface area contributed by atoms with Gasteiger partial charge in [-0.05, 0) is 37.8 Å². The van der Waals surface area contributed by atoms with E-state index in [1.165, 1.54) is 44.4 Å². The predicted octanol–water partition coefficient (Wildman–Crippen LogP) is 3.84. The molecule has 0 amide bonds. The van der Waals surface area contributed by atoms with Gasteiger partial charge in [0.25, 0.3) is 0 Å². The molecule has 3 unspecified atom stereocenters. The molecule has 0 aromatic carbocycles. The van der Waals surface area contributed by atoms with Crippen LogP contribution < -0.4 is 5.32 Å². The Labute approximate surface area is 109 Å². The Hall–Kier alpha value is -0.960. The number of pyridine rings is 1. The average molecular weight is 250 g/mol. The average Bonchev–Trinajstić information content (AvgIpc) is 2.40. The van der Waals surface area contributed by atoms with Gasteiger partial charge in [-0.2, -0.15) is 0 Å². The summed E-state index contributed by atoms with van der Waals surface area (Å²) in [5.74, 6) is 0.511. The van der Waals surface area contributed by atoms with E-state index < -0.39 is 0 Å². The molecular formula is C15H23FN2. The molecular weight excluding hydrogens is 227 g/mol. The molecule has 1 N–H and O–H groups in total. The summed E-state index contributed by atoms with van der Waals surface area (Å²) in [5, 5.41) is 3.67. The SMILES string of the molecule is CCC1CCCCC1NC(C)c1ccc(F)cn1.